The topological polar surface area (TPSA) is 74.0 Å². The third-order valence-corrected chi connectivity index (χ3v) is 4.92. The summed E-state index contributed by atoms with van der Waals surface area (Å²) in [6, 6.07) is 21.6. The van der Waals surface area contributed by atoms with E-state index in [1.165, 1.54) is 0 Å². The Morgan fingerprint density at radius 2 is 1.66 bits per heavy atom. The number of fused-ring (bicyclic) bond motifs is 1. The molecule has 0 atom stereocenters. The van der Waals surface area contributed by atoms with E-state index in [2.05, 4.69) is 15.6 Å². The fourth-order valence-electron chi connectivity index (χ4n) is 3.15. The lowest BCUT2D eigenvalue weighted by atomic mass is 10.1. The first kappa shape index (κ1) is 18.8. The predicted molar refractivity (Wildman–Crippen MR) is 117 cm³/mol. The average Bonchev–Trinajstić information content (AvgIpc) is 3.13. The molecule has 0 saturated heterocycles. The number of halogens is 1. The molecule has 0 aliphatic heterocycles. The average molecular weight is 404 g/mol. The minimum absolute atomic E-state index is 0.231. The number of aromatic nitrogens is 1. The maximum atomic E-state index is 12.7. The van der Waals surface area contributed by atoms with Crippen LogP contribution in [0, 0.1) is 6.92 Å². The van der Waals surface area contributed by atoms with Gasteiger partial charge in [-0.2, -0.15) is 0 Å². The number of amides is 2. The number of carbonyl (C=O) groups is 2. The molecule has 0 aliphatic carbocycles. The molecule has 5 nitrogen and oxygen atoms in total. The summed E-state index contributed by atoms with van der Waals surface area (Å²) in [5.41, 5.74) is 3.68. The summed E-state index contributed by atoms with van der Waals surface area (Å²) in [5.74, 6) is -0.522. The van der Waals surface area contributed by atoms with Crippen LogP contribution >= 0.6 is 11.6 Å². The van der Waals surface area contributed by atoms with E-state index in [-0.39, 0.29) is 11.8 Å². The van der Waals surface area contributed by atoms with Gasteiger partial charge >= 0.3 is 0 Å². The summed E-state index contributed by atoms with van der Waals surface area (Å²) in [6.45, 7) is 1.81. The molecule has 0 saturated carbocycles. The molecule has 1 aromatic heterocycles. The van der Waals surface area contributed by atoms with Crippen LogP contribution in [0.5, 0.6) is 0 Å². The van der Waals surface area contributed by atoms with E-state index in [1.807, 2.05) is 36.4 Å². The van der Waals surface area contributed by atoms with Gasteiger partial charge < -0.3 is 15.6 Å². The van der Waals surface area contributed by atoms with Crippen molar-refractivity contribution in [2.45, 2.75) is 6.92 Å². The molecule has 4 aromatic rings. The van der Waals surface area contributed by atoms with Crippen molar-refractivity contribution in [2.24, 2.45) is 0 Å². The zero-order chi connectivity index (χ0) is 20.4. The van der Waals surface area contributed by atoms with E-state index >= 15 is 0 Å². The van der Waals surface area contributed by atoms with Gasteiger partial charge in [0.05, 0.1) is 0 Å². The minimum atomic E-state index is -0.291. The second-order valence-electron chi connectivity index (χ2n) is 6.67. The van der Waals surface area contributed by atoms with Crippen LogP contribution in [-0.2, 0) is 0 Å². The lowest BCUT2D eigenvalue weighted by Crippen LogP contribution is -2.17. The van der Waals surface area contributed by atoms with Gasteiger partial charge in [0.1, 0.15) is 5.69 Å². The largest absolute Gasteiger partial charge is 0.350 e. The number of rotatable bonds is 4. The number of nitrogens with one attached hydrogen (secondary N) is 3. The summed E-state index contributed by atoms with van der Waals surface area (Å²) >= 11 is 6.00. The van der Waals surface area contributed by atoms with Gasteiger partial charge in [-0.3, -0.25) is 9.59 Å². The lowest BCUT2D eigenvalue weighted by molar-refractivity contribution is 0.101. The maximum Gasteiger partial charge on any atom is 0.272 e. The van der Waals surface area contributed by atoms with Crippen molar-refractivity contribution in [2.75, 3.05) is 10.6 Å². The van der Waals surface area contributed by atoms with Crippen LogP contribution in [0.3, 0.4) is 0 Å². The molecule has 0 fully saturated rings. The Hall–Kier alpha value is -3.57. The number of H-pyrrole nitrogens is 1. The smallest absolute Gasteiger partial charge is 0.272 e. The molecular weight excluding hydrogens is 386 g/mol. The highest BCUT2D eigenvalue weighted by atomic mass is 35.5. The lowest BCUT2D eigenvalue weighted by Gasteiger charge is -2.12. The molecule has 0 bridgehead atoms. The molecule has 29 heavy (non-hydrogen) atoms. The standard InChI is InChI=1S/C23H18ClN3O2/c1-14-18(22(28)25-17-6-3-2-4-7-17)8-5-9-19(14)27-23(29)21-12-15-10-11-16(24)13-20(15)26-21/h2-13,26H,1H3,(H,25,28)(H,27,29). The fraction of sp³-hybridized carbons (Fsp3) is 0.0435. The van der Waals surface area contributed by atoms with Gasteiger partial charge in [-0.05, 0) is 55.0 Å². The van der Waals surface area contributed by atoms with Crippen LogP contribution in [0.1, 0.15) is 26.4 Å². The Kier molecular flexibility index (Phi) is 5.06. The highest BCUT2D eigenvalue weighted by Crippen LogP contribution is 2.23. The molecule has 4 rings (SSSR count). The molecule has 6 heteroatoms. The first-order valence-corrected chi connectivity index (χ1v) is 9.45. The van der Waals surface area contributed by atoms with Crippen LogP contribution in [0.25, 0.3) is 10.9 Å². The SMILES string of the molecule is Cc1c(NC(=O)c2cc3ccc(Cl)cc3[nH]2)cccc1C(=O)Nc1ccccc1. The van der Waals surface area contributed by atoms with Gasteiger partial charge in [-0.1, -0.05) is 41.9 Å². The molecule has 0 unspecified atom stereocenters. The van der Waals surface area contributed by atoms with Crippen LogP contribution in [0.2, 0.25) is 5.02 Å². The molecule has 2 amide bonds. The Labute approximate surface area is 172 Å². The van der Waals surface area contributed by atoms with Gasteiger partial charge in [0, 0.05) is 32.9 Å². The first-order chi connectivity index (χ1) is 14.0. The number of carbonyl (C=O) groups excluding carboxylic acids is 2. The number of benzene rings is 3. The number of aromatic amines is 1. The molecule has 0 radical (unpaired) electrons. The number of hydrogen-bond donors (Lipinski definition) is 3. The summed E-state index contributed by atoms with van der Waals surface area (Å²) in [6.07, 6.45) is 0. The Bertz CT molecular complexity index is 1220. The number of hydrogen-bond acceptors (Lipinski definition) is 2. The fourth-order valence-corrected chi connectivity index (χ4v) is 3.32. The summed E-state index contributed by atoms with van der Waals surface area (Å²) in [4.78, 5) is 28.4. The summed E-state index contributed by atoms with van der Waals surface area (Å²) in [7, 11) is 0. The Morgan fingerprint density at radius 3 is 2.45 bits per heavy atom. The molecule has 3 N–H and O–H groups in total. The summed E-state index contributed by atoms with van der Waals surface area (Å²) < 4.78 is 0. The minimum Gasteiger partial charge on any atom is -0.350 e. The van der Waals surface area contributed by atoms with Crippen molar-refractivity contribution in [1.82, 2.24) is 4.98 Å². The summed E-state index contributed by atoms with van der Waals surface area (Å²) in [5, 5.41) is 7.23. The van der Waals surface area contributed by atoms with Crippen molar-refractivity contribution in [3.05, 3.63) is 94.6 Å². The van der Waals surface area contributed by atoms with Crippen molar-refractivity contribution in [3.63, 3.8) is 0 Å². The molecular formula is C23H18ClN3O2. The van der Waals surface area contributed by atoms with Crippen molar-refractivity contribution >= 4 is 45.7 Å². The van der Waals surface area contributed by atoms with Gasteiger partial charge in [0.15, 0.2) is 0 Å². The van der Waals surface area contributed by atoms with Gasteiger partial charge in [-0.25, -0.2) is 0 Å². The molecule has 0 aliphatic rings. The van der Waals surface area contributed by atoms with E-state index in [9.17, 15) is 9.59 Å². The second kappa shape index (κ2) is 7.81. The Morgan fingerprint density at radius 1 is 0.862 bits per heavy atom. The Balaban J connectivity index is 1.56. The number of para-hydroxylation sites is 1. The highest BCUT2D eigenvalue weighted by Gasteiger charge is 2.15. The molecule has 1 heterocycles. The first-order valence-electron chi connectivity index (χ1n) is 9.07. The zero-order valence-electron chi connectivity index (χ0n) is 15.6. The van der Waals surface area contributed by atoms with Crippen LogP contribution in [-0.4, -0.2) is 16.8 Å². The molecule has 0 spiro atoms. The van der Waals surface area contributed by atoms with Crippen molar-refractivity contribution in [3.8, 4) is 0 Å². The van der Waals surface area contributed by atoms with Crippen LogP contribution in [0.4, 0.5) is 11.4 Å². The molecule has 144 valence electrons. The van der Waals surface area contributed by atoms with Gasteiger partial charge in [-0.15, -0.1) is 0 Å². The van der Waals surface area contributed by atoms with E-state index < -0.39 is 0 Å². The van der Waals surface area contributed by atoms with E-state index in [1.54, 1.807) is 43.3 Å². The second-order valence-corrected chi connectivity index (χ2v) is 7.10. The maximum absolute atomic E-state index is 12.7. The van der Waals surface area contributed by atoms with E-state index in [4.69, 9.17) is 11.6 Å². The predicted octanol–water partition coefficient (Wildman–Crippen LogP) is 5.63. The zero-order valence-corrected chi connectivity index (χ0v) is 16.4. The van der Waals surface area contributed by atoms with Crippen molar-refractivity contribution < 1.29 is 9.59 Å². The van der Waals surface area contributed by atoms with Crippen molar-refractivity contribution in [1.29, 1.82) is 0 Å². The van der Waals surface area contributed by atoms with E-state index in [0.29, 0.717) is 33.2 Å². The third-order valence-electron chi connectivity index (χ3n) is 4.69. The quantitative estimate of drug-likeness (QED) is 0.413. The normalized spacial score (nSPS) is 10.7. The van der Waals surface area contributed by atoms with Gasteiger partial charge in [0.2, 0.25) is 0 Å². The number of anilines is 2. The molecule has 3 aromatic carbocycles. The third kappa shape index (κ3) is 4.00. The van der Waals surface area contributed by atoms with Crippen LogP contribution < -0.4 is 10.6 Å². The monoisotopic (exact) mass is 403 g/mol. The van der Waals surface area contributed by atoms with Gasteiger partial charge in [0.25, 0.3) is 11.8 Å². The van der Waals surface area contributed by atoms with Crippen LogP contribution in [0.15, 0.2) is 72.8 Å². The highest BCUT2D eigenvalue weighted by molar-refractivity contribution is 6.31. The van der Waals surface area contributed by atoms with E-state index in [0.717, 1.165) is 10.9 Å².